The van der Waals surface area contributed by atoms with E-state index in [1.54, 1.807) is 0 Å². The first-order valence-corrected chi connectivity index (χ1v) is 7.09. The molecule has 3 rings (SSSR count). The predicted molar refractivity (Wildman–Crippen MR) is 81.6 cm³/mol. The van der Waals surface area contributed by atoms with Gasteiger partial charge < -0.3 is 5.32 Å². The van der Waals surface area contributed by atoms with E-state index in [0.29, 0.717) is 5.92 Å². The fourth-order valence-electron chi connectivity index (χ4n) is 2.54. The highest BCUT2D eigenvalue weighted by molar-refractivity contribution is 5.50. The van der Waals surface area contributed by atoms with Gasteiger partial charge >= 0.3 is 0 Å². The van der Waals surface area contributed by atoms with E-state index >= 15 is 0 Å². The maximum absolute atomic E-state index is 9.51. The van der Waals surface area contributed by atoms with Crippen LogP contribution in [0.5, 0.6) is 0 Å². The third-order valence-corrected chi connectivity index (χ3v) is 3.82. The minimum Gasteiger partial charge on any atom is -0.366 e. The molecule has 100 valence electrons. The third kappa shape index (κ3) is 2.67. The van der Waals surface area contributed by atoms with Crippen molar-refractivity contribution in [2.45, 2.75) is 31.7 Å². The van der Waals surface area contributed by atoms with Gasteiger partial charge in [-0.2, -0.15) is 5.26 Å². The summed E-state index contributed by atoms with van der Waals surface area (Å²) >= 11 is 0. The van der Waals surface area contributed by atoms with Crippen molar-refractivity contribution in [3.63, 3.8) is 0 Å². The van der Waals surface area contributed by atoms with Crippen molar-refractivity contribution in [3.05, 3.63) is 65.2 Å². The lowest BCUT2D eigenvalue weighted by molar-refractivity contribution is 0.949. The SMILES string of the molecule is Cc1ccc(NC(C#N)c2ccccc2C2CC2)cc1. The molecule has 0 saturated heterocycles. The van der Waals surface area contributed by atoms with Crippen LogP contribution in [-0.2, 0) is 0 Å². The molecule has 2 heteroatoms. The topological polar surface area (TPSA) is 35.8 Å². The Morgan fingerprint density at radius 1 is 1.10 bits per heavy atom. The molecule has 1 unspecified atom stereocenters. The summed E-state index contributed by atoms with van der Waals surface area (Å²) in [7, 11) is 0. The smallest absolute Gasteiger partial charge is 0.140 e. The van der Waals surface area contributed by atoms with Gasteiger partial charge in [0.25, 0.3) is 0 Å². The molecule has 0 heterocycles. The number of nitriles is 1. The van der Waals surface area contributed by atoms with E-state index in [0.717, 1.165) is 11.3 Å². The Bertz CT molecular complexity index is 633. The number of nitrogens with zero attached hydrogens (tertiary/aromatic N) is 1. The molecule has 20 heavy (non-hydrogen) atoms. The van der Waals surface area contributed by atoms with Gasteiger partial charge in [-0.05, 0) is 48.9 Å². The highest BCUT2D eigenvalue weighted by Crippen LogP contribution is 2.43. The van der Waals surface area contributed by atoms with Crippen molar-refractivity contribution in [3.8, 4) is 6.07 Å². The average molecular weight is 262 g/mol. The zero-order valence-corrected chi connectivity index (χ0v) is 11.6. The van der Waals surface area contributed by atoms with Crippen LogP contribution in [0.1, 0.15) is 41.5 Å². The molecule has 0 aliphatic heterocycles. The molecule has 1 aliphatic rings. The molecular weight excluding hydrogens is 244 g/mol. The van der Waals surface area contributed by atoms with Gasteiger partial charge in [0, 0.05) is 5.69 Å². The van der Waals surface area contributed by atoms with Gasteiger partial charge in [0.15, 0.2) is 0 Å². The van der Waals surface area contributed by atoms with Crippen LogP contribution in [0.3, 0.4) is 0 Å². The lowest BCUT2D eigenvalue weighted by Gasteiger charge is -2.17. The van der Waals surface area contributed by atoms with E-state index in [2.05, 4.69) is 48.6 Å². The van der Waals surface area contributed by atoms with Crippen molar-refractivity contribution >= 4 is 5.69 Å². The first-order chi connectivity index (χ1) is 9.78. The molecule has 0 spiro atoms. The Kier molecular flexibility index (Phi) is 3.43. The van der Waals surface area contributed by atoms with Crippen LogP contribution in [0.25, 0.3) is 0 Å². The molecule has 0 bridgehead atoms. The highest BCUT2D eigenvalue weighted by atomic mass is 14.9. The maximum atomic E-state index is 9.51. The minimum absolute atomic E-state index is 0.283. The quantitative estimate of drug-likeness (QED) is 0.877. The average Bonchev–Trinajstić information content (AvgIpc) is 3.31. The summed E-state index contributed by atoms with van der Waals surface area (Å²) in [6.45, 7) is 2.06. The van der Waals surface area contributed by atoms with E-state index in [4.69, 9.17) is 0 Å². The Balaban J connectivity index is 1.87. The maximum Gasteiger partial charge on any atom is 0.140 e. The molecule has 0 radical (unpaired) electrons. The summed E-state index contributed by atoms with van der Waals surface area (Å²) in [5.41, 5.74) is 4.67. The number of rotatable bonds is 4. The molecular formula is C18H18N2. The summed E-state index contributed by atoms with van der Waals surface area (Å²) in [5, 5.41) is 12.8. The van der Waals surface area contributed by atoms with Crippen molar-refractivity contribution in [2.75, 3.05) is 5.32 Å². The highest BCUT2D eigenvalue weighted by Gasteiger charge is 2.28. The van der Waals surface area contributed by atoms with Crippen molar-refractivity contribution < 1.29 is 0 Å². The normalized spacial score (nSPS) is 15.4. The number of anilines is 1. The van der Waals surface area contributed by atoms with E-state index in [1.165, 1.54) is 24.0 Å². The van der Waals surface area contributed by atoms with E-state index in [1.807, 2.05) is 18.2 Å². The fraction of sp³-hybridized carbons (Fsp3) is 0.278. The van der Waals surface area contributed by atoms with Crippen LogP contribution in [-0.4, -0.2) is 0 Å². The lowest BCUT2D eigenvalue weighted by Crippen LogP contribution is -2.10. The summed E-state index contributed by atoms with van der Waals surface area (Å²) in [5.74, 6) is 0.655. The van der Waals surface area contributed by atoms with Gasteiger partial charge in [0.1, 0.15) is 6.04 Å². The summed E-state index contributed by atoms with van der Waals surface area (Å²) in [4.78, 5) is 0. The molecule has 0 aromatic heterocycles. The van der Waals surface area contributed by atoms with E-state index < -0.39 is 0 Å². The standard InChI is InChI=1S/C18H18N2/c1-13-6-10-15(11-7-13)20-18(12-19)17-5-3-2-4-16(17)14-8-9-14/h2-7,10-11,14,18,20H,8-9H2,1H3. The number of aryl methyl sites for hydroxylation is 1. The van der Waals surface area contributed by atoms with Crippen LogP contribution in [0, 0.1) is 18.3 Å². The van der Waals surface area contributed by atoms with Gasteiger partial charge in [0.05, 0.1) is 6.07 Å². The first kappa shape index (κ1) is 12.7. The largest absolute Gasteiger partial charge is 0.366 e. The van der Waals surface area contributed by atoms with Gasteiger partial charge in [-0.1, -0.05) is 42.0 Å². The summed E-state index contributed by atoms with van der Waals surface area (Å²) < 4.78 is 0. The monoisotopic (exact) mass is 262 g/mol. The predicted octanol–water partition coefficient (Wildman–Crippen LogP) is 4.55. The zero-order valence-electron chi connectivity index (χ0n) is 11.6. The van der Waals surface area contributed by atoms with Gasteiger partial charge in [-0.25, -0.2) is 0 Å². The molecule has 1 aliphatic carbocycles. The number of hydrogen-bond donors (Lipinski definition) is 1. The van der Waals surface area contributed by atoms with Crippen molar-refractivity contribution in [2.24, 2.45) is 0 Å². The Hall–Kier alpha value is -2.27. The number of nitrogens with one attached hydrogen (secondary N) is 1. The second kappa shape index (κ2) is 5.38. The minimum atomic E-state index is -0.283. The first-order valence-electron chi connectivity index (χ1n) is 7.09. The lowest BCUT2D eigenvalue weighted by atomic mass is 9.97. The third-order valence-electron chi connectivity index (χ3n) is 3.82. The van der Waals surface area contributed by atoms with Gasteiger partial charge in [-0.3, -0.25) is 0 Å². The second-order valence-electron chi connectivity index (χ2n) is 5.48. The Morgan fingerprint density at radius 3 is 2.45 bits per heavy atom. The molecule has 1 atom stereocenters. The van der Waals surface area contributed by atoms with Crippen LogP contribution in [0.2, 0.25) is 0 Å². The molecule has 2 aromatic carbocycles. The molecule has 1 N–H and O–H groups in total. The molecule has 2 aromatic rings. The molecule has 1 fully saturated rings. The second-order valence-corrected chi connectivity index (χ2v) is 5.48. The van der Waals surface area contributed by atoms with Crippen LogP contribution < -0.4 is 5.32 Å². The van der Waals surface area contributed by atoms with E-state index in [9.17, 15) is 5.26 Å². The Morgan fingerprint density at radius 2 is 1.80 bits per heavy atom. The number of benzene rings is 2. The van der Waals surface area contributed by atoms with Crippen LogP contribution in [0.15, 0.2) is 48.5 Å². The van der Waals surface area contributed by atoms with Crippen LogP contribution in [0.4, 0.5) is 5.69 Å². The molecule has 0 amide bonds. The summed E-state index contributed by atoms with van der Waals surface area (Å²) in [6.07, 6.45) is 2.50. The molecule has 1 saturated carbocycles. The van der Waals surface area contributed by atoms with Gasteiger partial charge in [-0.15, -0.1) is 0 Å². The zero-order chi connectivity index (χ0) is 13.9. The van der Waals surface area contributed by atoms with Crippen molar-refractivity contribution in [1.29, 1.82) is 5.26 Å². The summed E-state index contributed by atoms with van der Waals surface area (Å²) in [6, 6.07) is 18.6. The van der Waals surface area contributed by atoms with E-state index in [-0.39, 0.29) is 6.04 Å². The van der Waals surface area contributed by atoms with Crippen LogP contribution >= 0.6 is 0 Å². The Labute approximate surface area is 120 Å². The van der Waals surface area contributed by atoms with Crippen molar-refractivity contribution in [1.82, 2.24) is 0 Å². The fourth-order valence-corrected chi connectivity index (χ4v) is 2.54. The van der Waals surface area contributed by atoms with Gasteiger partial charge in [0.2, 0.25) is 0 Å². The molecule has 2 nitrogen and oxygen atoms in total. The number of hydrogen-bond acceptors (Lipinski definition) is 2.